The molecule has 0 unspecified atom stereocenters. The summed E-state index contributed by atoms with van der Waals surface area (Å²) in [7, 11) is 1.62. The minimum atomic E-state index is -0.0994. The SMILES string of the molecule is COCCOc1ccc(C(=O)C=Cc2ccc(O)c(Br)c2)cc1. The fourth-order valence-corrected chi connectivity index (χ4v) is 2.25. The summed E-state index contributed by atoms with van der Waals surface area (Å²) in [5, 5.41) is 9.44. The highest BCUT2D eigenvalue weighted by atomic mass is 79.9. The molecule has 4 nitrogen and oxygen atoms in total. The van der Waals surface area contributed by atoms with Crippen LogP contribution in [-0.4, -0.2) is 31.2 Å². The summed E-state index contributed by atoms with van der Waals surface area (Å²) in [5.41, 5.74) is 1.40. The van der Waals surface area contributed by atoms with Crippen molar-refractivity contribution in [3.05, 3.63) is 64.1 Å². The monoisotopic (exact) mass is 376 g/mol. The Morgan fingerprint density at radius 2 is 1.91 bits per heavy atom. The number of halogens is 1. The molecule has 5 heteroatoms. The minimum Gasteiger partial charge on any atom is -0.507 e. The number of benzene rings is 2. The summed E-state index contributed by atoms with van der Waals surface area (Å²) in [4.78, 5) is 12.1. The van der Waals surface area contributed by atoms with Crippen LogP contribution in [0.2, 0.25) is 0 Å². The maximum absolute atomic E-state index is 12.1. The van der Waals surface area contributed by atoms with Crippen molar-refractivity contribution >= 4 is 27.8 Å². The van der Waals surface area contributed by atoms with Crippen molar-refractivity contribution in [2.75, 3.05) is 20.3 Å². The van der Waals surface area contributed by atoms with E-state index in [1.807, 2.05) is 0 Å². The second-order valence-electron chi connectivity index (χ2n) is 4.77. The number of carbonyl (C=O) groups excluding carboxylic acids is 1. The Kier molecular flexibility index (Phi) is 6.38. The number of carbonyl (C=O) groups is 1. The third-order valence-electron chi connectivity index (χ3n) is 3.09. The van der Waals surface area contributed by atoms with Crippen LogP contribution in [0.3, 0.4) is 0 Å². The van der Waals surface area contributed by atoms with Crippen LogP contribution in [-0.2, 0) is 4.74 Å². The molecule has 0 aliphatic rings. The molecule has 0 atom stereocenters. The van der Waals surface area contributed by atoms with Crippen LogP contribution in [0.25, 0.3) is 6.08 Å². The Bertz CT molecular complexity index is 693. The van der Waals surface area contributed by atoms with Gasteiger partial charge in [-0.1, -0.05) is 12.1 Å². The average Bonchev–Trinajstić information content (AvgIpc) is 2.56. The van der Waals surface area contributed by atoms with Crippen molar-refractivity contribution < 1.29 is 19.4 Å². The number of aromatic hydroxyl groups is 1. The predicted molar refractivity (Wildman–Crippen MR) is 93.0 cm³/mol. The molecular formula is C18H17BrO4. The molecule has 23 heavy (non-hydrogen) atoms. The molecular weight excluding hydrogens is 360 g/mol. The van der Waals surface area contributed by atoms with E-state index in [2.05, 4.69) is 15.9 Å². The number of methoxy groups -OCH3 is 1. The molecule has 0 heterocycles. The molecule has 0 saturated carbocycles. The van der Waals surface area contributed by atoms with Crippen molar-refractivity contribution in [3.8, 4) is 11.5 Å². The van der Waals surface area contributed by atoms with Gasteiger partial charge in [-0.25, -0.2) is 0 Å². The molecule has 2 aromatic rings. The van der Waals surface area contributed by atoms with E-state index in [0.717, 1.165) is 5.56 Å². The maximum Gasteiger partial charge on any atom is 0.185 e. The minimum absolute atomic E-state index is 0.0994. The van der Waals surface area contributed by atoms with Gasteiger partial charge in [-0.15, -0.1) is 0 Å². The molecule has 0 amide bonds. The molecule has 0 saturated heterocycles. The van der Waals surface area contributed by atoms with E-state index in [1.165, 1.54) is 6.08 Å². The van der Waals surface area contributed by atoms with Gasteiger partial charge in [0, 0.05) is 12.7 Å². The Labute approximate surface area is 143 Å². The summed E-state index contributed by atoms with van der Waals surface area (Å²) < 4.78 is 10.9. The standard InChI is InChI=1S/C18H17BrO4/c1-22-10-11-23-15-6-4-14(5-7-15)17(20)8-2-13-3-9-18(21)16(19)12-13/h2-9,12,21H,10-11H2,1H3. The van der Waals surface area contributed by atoms with Gasteiger partial charge in [-0.3, -0.25) is 4.79 Å². The van der Waals surface area contributed by atoms with E-state index < -0.39 is 0 Å². The fraction of sp³-hybridized carbons (Fsp3) is 0.167. The Morgan fingerprint density at radius 3 is 2.57 bits per heavy atom. The number of phenols is 1. The van der Waals surface area contributed by atoms with Gasteiger partial charge in [0.1, 0.15) is 18.1 Å². The molecule has 0 bridgehead atoms. The van der Waals surface area contributed by atoms with E-state index in [9.17, 15) is 9.90 Å². The lowest BCUT2D eigenvalue weighted by Gasteiger charge is -2.05. The Morgan fingerprint density at radius 1 is 1.17 bits per heavy atom. The smallest absolute Gasteiger partial charge is 0.185 e. The average molecular weight is 377 g/mol. The Hall–Kier alpha value is -2.11. The van der Waals surface area contributed by atoms with Crippen LogP contribution < -0.4 is 4.74 Å². The van der Waals surface area contributed by atoms with Crippen LogP contribution in [0.5, 0.6) is 11.5 Å². The third-order valence-corrected chi connectivity index (χ3v) is 3.73. The second kappa shape index (κ2) is 8.50. The number of rotatable bonds is 7. The normalized spacial score (nSPS) is 10.9. The highest BCUT2D eigenvalue weighted by molar-refractivity contribution is 9.10. The van der Waals surface area contributed by atoms with Crippen LogP contribution >= 0.6 is 15.9 Å². The molecule has 0 aliphatic heterocycles. The van der Waals surface area contributed by atoms with E-state index in [4.69, 9.17) is 9.47 Å². The zero-order valence-corrected chi connectivity index (χ0v) is 14.2. The lowest BCUT2D eigenvalue weighted by Crippen LogP contribution is -2.04. The van der Waals surface area contributed by atoms with E-state index in [0.29, 0.717) is 29.0 Å². The number of hydrogen-bond acceptors (Lipinski definition) is 4. The van der Waals surface area contributed by atoms with Gasteiger partial charge >= 0.3 is 0 Å². The number of ether oxygens (including phenoxy) is 2. The summed E-state index contributed by atoms with van der Waals surface area (Å²) >= 11 is 3.24. The van der Waals surface area contributed by atoms with Crippen LogP contribution in [0.1, 0.15) is 15.9 Å². The molecule has 0 radical (unpaired) electrons. The molecule has 0 aromatic heterocycles. The van der Waals surface area contributed by atoms with Crippen molar-refractivity contribution in [1.29, 1.82) is 0 Å². The largest absolute Gasteiger partial charge is 0.507 e. The zero-order valence-electron chi connectivity index (χ0n) is 12.7. The first-order valence-electron chi connectivity index (χ1n) is 7.03. The summed E-state index contributed by atoms with van der Waals surface area (Å²) in [6.45, 7) is 0.991. The van der Waals surface area contributed by atoms with Gasteiger partial charge in [-0.2, -0.15) is 0 Å². The first-order valence-corrected chi connectivity index (χ1v) is 7.82. The zero-order chi connectivity index (χ0) is 16.7. The van der Waals surface area contributed by atoms with Crippen LogP contribution in [0, 0.1) is 0 Å². The molecule has 0 spiro atoms. The quantitative estimate of drug-likeness (QED) is 0.449. The number of phenolic OH excluding ortho intramolecular Hbond substituents is 1. The molecule has 0 fully saturated rings. The predicted octanol–water partition coefficient (Wildman–Crippen LogP) is 4.08. The van der Waals surface area contributed by atoms with Gasteiger partial charge < -0.3 is 14.6 Å². The molecule has 120 valence electrons. The van der Waals surface area contributed by atoms with Gasteiger partial charge in [0.15, 0.2) is 5.78 Å². The lowest BCUT2D eigenvalue weighted by atomic mass is 10.1. The fourth-order valence-electron chi connectivity index (χ4n) is 1.85. The molecule has 1 N–H and O–H groups in total. The van der Waals surface area contributed by atoms with Crippen molar-refractivity contribution in [2.24, 2.45) is 0 Å². The van der Waals surface area contributed by atoms with Crippen molar-refractivity contribution in [1.82, 2.24) is 0 Å². The van der Waals surface area contributed by atoms with Crippen molar-refractivity contribution in [2.45, 2.75) is 0 Å². The first-order chi connectivity index (χ1) is 11.1. The highest BCUT2D eigenvalue weighted by Gasteiger charge is 2.03. The van der Waals surface area contributed by atoms with E-state index >= 15 is 0 Å². The van der Waals surface area contributed by atoms with Crippen LogP contribution in [0.15, 0.2) is 53.0 Å². The number of allylic oxidation sites excluding steroid dienone is 1. The molecule has 2 rings (SSSR count). The maximum atomic E-state index is 12.1. The van der Waals surface area contributed by atoms with Gasteiger partial charge in [-0.05, 0) is 64.0 Å². The van der Waals surface area contributed by atoms with E-state index in [1.54, 1.807) is 55.7 Å². The topological polar surface area (TPSA) is 55.8 Å². The molecule has 0 aliphatic carbocycles. The van der Waals surface area contributed by atoms with Gasteiger partial charge in [0.25, 0.3) is 0 Å². The van der Waals surface area contributed by atoms with E-state index in [-0.39, 0.29) is 11.5 Å². The highest BCUT2D eigenvalue weighted by Crippen LogP contribution is 2.24. The summed E-state index contributed by atoms with van der Waals surface area (Å²) in [6, 6.07) is 12.0. The number of ketones is 1. The van der Waals surface area contributed by atoms with Gasteiger partial charge in [0.05, 0.1) is 11.1 Å². The summed E-state index contributed by atoms with van der Waals surface area (Å²) in [5.74, 6) is 0.764. The first kappa shape index (κ1) is 17.2. The van der Waals surface area contributed by atoms with Crippen molar-refractivity contribution in [3.63, 3.8) is 0 Å². The van der Waals surface area contributed by atoms with Gasteiger partial charge in [0.2, 0.25) is 0 Å². The number of hydrogen-bond donors (Lipinski definition) is 1. The lowest BCUT2D eigenvalue weighted by molar-refractivity contribution is 0.104. The van der Waals surface area contributed by atoms with Crippen LogP contribution in [0.4, 0.5) is 0 Å². The summed E-state index contributed by atoms with van der Waals surface area (Å²) in [6.07, 6.45) is 3.20. The second-order valence-corrected chi connectivity index (χ2v) is 5.63. The third kappa shape index (κ3) is 5.23. The Balaban J connectivity index is 1.99. The molecule has 2 aromatic carbocycles.